The summed E-state index contributed by atoms with van der Waals surface area (Å²) in [6.45, 7) is -1.43. The second-order valence-corrected chi connectivity index (χ2v) is 11.6. The van der Waals surface area contributed by atoms with Gasteiger partial charge in [-0.05, 0) is 78.5 Å². The molecule has 6 nitrogen and oxygen atoms in total. The molecule has 0 radical (unpaired) electrons. The van der Waals surface area contributed by atoms with Crippen LogP contribution in [0.2, 0.25) is 0 Å². The highest BCUT2D eigenvalue weighted by Gasteiger charge is 2.37. The molecule has 1 heterocycles. The molecule has 0 aromatic heterocycles. The van der Waals surface area contributed by atoms with Gasteiger partial charge in [-0.1, -0.05) is 54.6 Å². The highest BCUT2D eigenvalue weighted by molar-refractivity contribution is 5.97. The Balaban J connectivity index is 1.21. The van der Waals surface area contributed by atoms with E-state index in [1.807, 2.05) is 29.6 Å². The van der Waals surface area contributed by atoms with E-state index in [9.17, 15) is 35.9 Å². The number of carbonyl (C=O) groups is 2. The first-order valence-electron chi connectivity index (χ1n) is 15.3. The zero-order valence-electron chi connectivity index (χ0n) is 25.0. The van der Waals surface area contributed by atoms with Gasteiger partial charge in [-0.15, -0.1) is 0 Å². The lowest BCUT2D eigenvalue weighted by molar-refractivity contribution is -0.153. The Bertz CT molecular complexity index is 1540. The summed E-state index contributed by atoms with van der Waals surface area (Å²) in [4.78, 5) is 28.2. The third-order valence-electron chi connectivity index (χ3n) is 8.34. The Hall–Kier alpha value is -4.06. The maximum atomic E-state index is 13.1. The number of fused-ring (bicyclic) bond motifs is 3. The Morgan fingerprint density at radius 2 is 1.59 bits per heavy atom. The summed E-state index contributed by atoms with van der Waals surface area (Å²) >= 11 is 0. The van der Waals surface area contributed by atoms with Crippen LogP contribution in [0.1, 0.15) is 65.1 Å². The Labute approximate surface area is 263 Å². The largest absolute Gasteiger partial charge is 0.483 e. The molecule has 1 saturated heterocycles. The molecule has 1 aliphatic heterocycles. The number of halogens is 6. The highest BCUT2D eigenvalue weighted by atomic mass is 19.4. The number of hydrogen-bond donors (Lipinski definition) is 2. The number of likely N-dealkylation sites (tertiary alicyclic amines) is 1. The van der Waals surface area contributed by atoms with E-state index in [0.29, 0.717) is 30.5 Å². The van der Waals surface area contributed by atoms with Crippen LogP contribution in [0.4, 0.5) is 26.3 Å². The number of nitrogens with one attached hydrogen (secondary N) is 2. The minimum absolute atomic E-state index is 0.0425. The van der Waals surface area contributed by atoms with E-state index < -0.39 is 43.2 Å². The van der Waals surface area contributed by atoms with Crippen LogP contribution in [-0.2, 0) is 11.2 Å². The molecule has 3 aromatic rings. The summed E-state index contributed by atoms with van der Waals surface area (Å²) in [6, 6.07) is 18.8. The second kappa shape index (κ2) is 14.1. The van der Waals surface area contributed by atoms with E-state index in [-0.39, 0.29) is 17.5 Å². The van der Waals surface area contributed by atoms with Gasteiger partial charge in [0.05, 0.1) is 17.6 Å². The Morgan fingerprint density at radius 1 is 0.848 bits per heavy atom. The van der Waals surface area contributed by atoms with Crippen molar-refractivity contribution in [1.82, 2.24) is 15.5 Å². The standard InChI is InChI=1S/C34H35F6N3O3/c35-33(36,37)20-41-32(45)30-24-13-2-1-12-23(24)29-22(11-9-15-26(29)30)10-5-7-18-43-19-8-6-17-28(43)42-31(44)25-14-3-4-16-27(25)46-21-34(38,39)40/h1-4,9,11-16,28,30H,5-8,10,17-21H2,(H,41,45)(H,42,44). The molecule has 2 atom stereocenters. The van der Waals surface area contributed by atoms with Gasteiger partial charge in [0.1, 0.15) is 12.3 Å². The van der Waals surface area contributed by atoms with Crippen LogP contribution in [0.3, 0.4) is 0 Å². The summed E-state index contributed by atoms with van der Waals surface area (Å²) < 4.78 is 81.5. The Morgan fingerprint density at radius 3 is 2.37 bits per heavy atom. The number of rotatable bonds is 11. The number of alkyl halides is 6. The summed E-state index contributed by atoms with van der Waals surface area (Å²) in [5, 5.41) is 5.03. The number of para-hydroxylation sites is 1. The molecule has 46 heavy (non-hydrogen) atoms. The maximum Gasteiger partial charge on any atom is 0.422 e. The van der Waals surface area contributed by atoms with Crippen LogP contribution in [0.5, 0.6) is 5.75 Å². The lowest BCUT2D eigenvalue weighted by Gasteiger charge is -2.36. The number of hydrogen-bond acceptors (Lipinski definition) is 4. The van der Waals surface area contributed by atoms with Crippen LogP contribution < -0.4 is 15.4 Å². The maximum absolute atomic E-state index is 13.1. The molecule has 12 heteroatoms. The number of carbonyl (C=O) groups excluding carboxylic acids is 2. The van der Waals surface area contributed by atoms with Crippen molar-refractivity contribution in [2.45, 2.75) is 63.0 Å². The van der Waals surface area contributed by atoms with Crippen LogP contribution in [0, 0.1) is 0 Å². The zero-order valence-corrected chi connectivity index (χ0v) is 25.0. The van der Waals surface area contributed by atoms with Crippen LogP contribution in [0.25, 0.3) is 11.1 Å². The van der Waals surface area contributed by atoms with E-state index in [1.165, 1.54) is 18.2 Å². The van der Waals surface area contributed by atoms with Gasteiger partial charge in [-0.3, -0.25) is 14.5 Å². The summed E-state index contributed by atoms with van der Waals surface area (Å²) in [6.07, 6.45) is -4.49. The summed E-state index contributed by atoms with van der Waals surface area (Å²) in [5.41, 5.74) is 4.16. The van der Waals surface area contributed by atoms with Gasteiger partial charge in [0.2, 0.25) is 5.91 Å². The lowest BCUT2D eigenvalue weighted by atomic mass is 9.93. The van der Waals surface area contributed by atoms with E-state index in [0.717, 1.165) is 48.9 Å². The number of aryl methyl sites for hydroxylation is 1. The first kappa shape index (κ1) is 33.3. The first-order chi connectivity index (χ1) is 21.9. The smallest absolute Gasteiger partial charge is 0.422 e. The predicted octanol–water partition coefficient (Wildman–Crippen LogP) is 6.98. The van der Waals surface area contributed by atoms with E-state index >= 15 is 0 Å². The van der Waals surface area contributed by atoms with Gasteiger partial charge in [0, 0.05) is 13.1 Å². The summed E-state index contributed by atoms with van der Waals surface area (Å²) in [7, 11) is 0. The Kier molecular flexibility index (Phi) is 10.2. The minimum Gasteiger partial charge on any atom is -0.483 e. The van der Waals surface area contributed by atoms with Gasteiger partial charge in [-0.2, -0.15) is 26.3 Å². The third kappa shape index (κ3) is 8.20. The number of nitrogens with zero attached hydrogens (tertiary/aromatic N) is 1. The molecule has 0 bridgehead atoms. The van der Waals surface area contributed by atoms with Crippen molar-refractivity contribution in [3.05, 3.63) is 89.0 Å². The minimum atomic E-state index is -4.53. The molecule has 2 aliphatic rings. The van der Waals surface area contributed by atoms with Crippen molar-refractivity contribution >= 4 is 11.8 Å². The molecule has 3 aromatic carbocycles. The normalized spacial score (nSPS) is 18.0. The monoisotopic (exact) mass is 647 g/mol. The van der Waals surface area contributed by atoms with Crippen molar-refractivity contribution in [1.29, 1.82) is 0 Å². The second-order valence-electron chi connectivity index (χ2n) is 11.6. The lowest BCUT2D eigenvalue weighted by Crippen LogP contribution is -2.51. The van der Waals surface area contributed by atoms with Gasteiger partial charge in [0.15, 0.2) is 6.61 Å². The average Bonchev–Trinajstić information content (AvgIpc) is 3.36. The molecule has 2 amide bonds. The molecular formula is C34H35F6N3O3. The highest BCUT2D eigenvalue weighted by Crippen LogP contribution is 2.46. The topological polar surface area (TPSA) is 70.7 Å². The van der Waals surface area contributed by atoms with Gasteiger partial charge >= 0.3 is 12.4 Å². The van der Waals surface area contributed by atoms with Crippen LogP contribution >= 0.6 is 0 Å². The van der Waals surface area contributed by atoms with E-state index in [1.54, 1.807) is 24.3 Å². The SMILES string of the molecule is O=C(NC1CCCCN1CCCCc1cccc2c1-c1ccccc1C2C(=O)NCC(F)(F)F)c1ccccc1OCC(F)(F)F. The molecule has 5 rings (SSSR count). The van der Waals surface area contributed by atoms with Crippen molar-refractivity contribution in [2.75, 3.05) is 26.2 Å². The van der Waals surface area contributed by atoms with Gasteiger partial charge in [-0.25, -0.2) is 0 Å². The van der Waals surface area contributed by atoms with Crippen LogP contribution in [0.15, 0.2) is 66.7 Å². The first-order valence-corrected chi connectivity index (χ1v) is 15.3. The fourth-order valence-electron chi connectivity index (χ4n) is 6.33. The molecule has 1 aliphatic carbocycles. The zero-order chi connectivity index (χ0) is 32.9. The van der Waals surface area contributed by atoms with E-state index in [2.05, 4.69) is 10.2 Å². The molecule has 0 spiro atoms. The molecule has 246 valence electrons. The number of ether oxygens (including phenoxy) is 1. The van der Waals surface area contributed by atoms with Crippen molar-refractivity contribution in [3.63, 3.8) is 0 Å². The van der Waals surface area contributed by atoms with Gasteiger partial charge in [0.25, 0.3) is 5.91 Å². The van der Waals surface area contributed by atoms with Crippen molar-refractivity contribution < 1.29 is 40.7 Å². The van der Waals surface area contributed by atoms with Crippen molar-refractivity contribution in [2.24, 2.45) is 0 Å². The fraction of sp³-hybridized carbons (Fsp3) is 0.412. The van der Waals surface area contributed by atoms with Gasteiger partial charge < -0.3 is 15.4 Å². The fourth-order valence-corrected chi connectivity index (χ4v) is 6.33. The molecule has 1 fully saturated rings. The number of benzene rings is 3. The molecule has 0 saturated carbocycles. The van der Waals surface area contributed by atoms with Crippen LogP contribution in [-0.4, -0.2) is 61.5 Å². The summed E-state index contributed by atoms with van der Waals surface area (Å²) in [5.74, 6) is -2.14. The number of unbranched alkanes of at least 4 members (excludes halogenated alkanes) is 1. The van der Waals surface area contributed by atoms with E-state index in [4.69, 9.17) is 4.74 Å². The molecule has 2 N–H and O–H groups in total. The average molecular weight is 648 g/mol. The third-order valence-corrected chi connectivity index (χ3v) is 8.34. The molecule has 2 unspecified atom stereocenters. The van der Waals surface area contributed by atoms with Crippen molar-refractivity contribution in [3.8, 4) is 16.9 Å². The number of piperidine rings is 1. The molecular weight excluding hydrogens is 612 g/mol. The predicted molar refractivity (Wildman–Crippen MR) is 160 cm³/mol. The number of amides is 2. The quantitative estimate of drug-likeness (QED) is 0.174.